The standard InChI is InChI=1S/C17H22N4O2/c1-2-15-19-16(20-21(15)14-6-4-3-5-7-14)17(23)18-13-9-8-12(10-13)11-22/h3-7,12-13,22H,2,8-11H2,1H3,(H,18,23)/t12-,13+/m1/s1. The molecule has 6 heteroatoms. The van der Waals surface area contributed by atoms with Crippen molar-refractivity contribution in [2.75, 3.05) is 6.61 Å². The first kappa shape index (κ1) is 15.7. The smallest absolute Gasteiger partial charge is 0.291 e. The van der Waals surface area contributed by atoms with Crippen LogP contribution >= 0.6 is 0 Å². The Hall–Kier alpha value is -2.21. The monoisotopic (exact) mass is 314 g/mol. The van der Waals surface area contributed by atoms with Gasteiger partial charge in [-0.1, -0.05) is 25.1 Å². The molecule has 6 nitrogen and oxygen atoms in total. The van der Waals surface area contributed by atoms with Crippen LogP contribution in [0.2, 0.25) is 0 Å². The van der Waals surface area contributed by atoms with Gasteiger partial charge in [0.05, 0.1) is 5.69 Å². The quantitative estimate of drug-likeness (QED) is 0.880. The number of carbonyl (C=O) groups is 1. The molecule has 2 N–H and O–H groups in total. The van der Waals surface area contributed by atoms with Crippen molar-refractivity contribution in [3.05, 3.63) is 42.0 Å². The topological polar surface area (TPSA) is 80.0 Å². The average molecular weight is 314 g/mol. The van der Waals surface area contributed by atoms with Crippen LogP contribution in [0.25, 0.3) is 5.69 Å². The molecule has 23 heavy (non-hydrogen) atoms. The van der Waals surface area contributed by atoms with E-state index in [9.17, 15) is 9.90 Å². The summed E-state index contributed by atoms with van der Waals surface area (Å²) in [5.41, 5.74) is 0.900. The molecule has 1 saturated carbocycles. The maximum absolute atomic E-state index is 12.4. The Labute approximate surface area is 135 Å². The molecular weight excluding hydrogens is 292 g/mol. The number of nitrogens with one attached hydrogen (secondary N) is 1. The van der Waals surface area contributed by atoms with E-state index in [0.717, 1.165) is 30.8 Å². The highest BCUT2D eigenvalue weighted by molar-refractivity contribution is 5.90. The van der Waals surface area contributed by atoms with Crippen LogP contribution in [0.3, 0.4) is 0 Å². The number of para-hydroxylation sites is 1. The Morgan fingerprint density at radius 2 is 2.13 bits per heavy atom. The van der Waals surface area contributed by atoms with Gasteiger partial charge in [-0.2, -0.15) is 0 Å². The van der Waals surface area contributed by atoms with Crippen molar-refractivity contribution >= 4 is 5.91 Å². The zero-order valence-electron chi connectivity index (χ0n) is 13.3. The van der Waals surface area contributed by atoms with E-state index in [1.807, 2.05) is 37.3 Å². The first-order chi connectivity index (χ1) is 11.2. The van der Waals surface area contributed by atoms with Gasteiger partial charge >= 0.3 is 0 Å². The van der Waals surface area contributed by atoms with Crippen molar-refractivity contribution in [2.45, 2.75) is 38.6 Å². The summed E-state index contributed by atoms with van der Waals surface area (Å²) >= 11 is 0. The fraction of sp³-hybridized carbons (Fsp3) is 0.471. The normalized spacial score (nSPS) is 20.6. The largest absolute Gasteiger partial charge is 0.396 e. The summed E-state index contributed by atoms with van der Waals surface area (Å²) < 4.78 is 1.72. The molecule has 1 aliphatic rings. The Bertz CT molecular complexity index is 668. The van der Waals surface area contributed by atoms with Gasteiger partial charge in [0, 0.05) is 19.1 Å². The molecule has 0 bridgehead atoms. The molecule has 1 aliphatic carbocycles. The highest BCUT2D eigenvalue weighted by Gasteiger charge is 2.27. The van der Waals surface area contributed by atoms with Gasteiger partial charge in [-0.15, -0.1) is 5.10 Å². The van der Waals surface area contributed by atoms with Crippen LogP contribution in [0.5, 0.6) is 0 Å². The molecule has 1 fully saturated rings. The van der Waals surface area contributed by atoms with Crippen molar-refractivity contribution < 1.29 is 9.90 Å². The second-order valence-electron chi connectivity index (χ2n) is 5.98. The molecule has 0 spiro atoms. The van der Waals surface area contributed by atoms with Crippen LogP contribution in [-0.2, 0) is 6.42 Å². The van der Waals surface area contributed by atoms with E-state index in [0.29, 0.717) is 12.3 Å². The molecule has 0 unspecified atom stereocenters. The number of hydrogen-bond donors (Lipinski definition) is 2. The lowest BCUT2D eigenvalue weighted by Gasteiger charge is -2.10. The third kappa shape index (κ3) is 3.42. The number of hydrogen-bond acceptors (Lipinski definition) is 4. The molecule has 122 valence electrons. The van der Waals surface area contributed by atoms with Crippen molar-refractivity contribution in [1.29, 1.82) is 0 Å². The van der Waals surface area contributed by atoms with Gasteiger partial charge in [0.2, 0.25) is 5.82 Å². The van der Waals surface area contributed by atoms with Crippen LogP contribution < -0.4 is 5.32 Å². The molecular formula is C17H22N4O2. The van der Waals surface area contributed by atoms with E-state index in [1.54, 1.807) is 4.68 Å². The number of aryl methyl sites for hydroxylation is 1. The van der Waals surface area contributed by atoms with Gasteiger partial charge in [-0.3, -0.25) is 4.79 Å². The first-order valence-electron chi connectivity index (χ1n) is 8.14. The second kappa shape index (κ2) is 6.91. The van der Waals surface area contributed by atoms with Crippen molar-refractivity contribution in [3.8, 4) is 5.69 Å². The summed E-state index contributed by atoms with van der Waals surface area (Å²) in [6.45, 7) is 2.18. The minimum Gasteiger partial charge on any atom is -0.396 e. The summed E-state index contributed by atoms with van der Waals surface area (Å²) in [5, 5.41) is 16.6. The minimum absolute atomic E-state index is 0.105. The van der Waals surface area contributed by atoms with Gasteiger partial charge in [-0.05, 0) is 37.3 Å². The first-order valence-corrected chi connectivity index (χ1v) is 8.14. The van der Waals surface area contributed by atoms with Crippen LogP contribution in [0.1, 0.15) is 42.6 Å². The summed E-state index contributed by atoms with van der Waals surface area (Å²) in [6.07, 6.45) is 3.37. The minimum atomic E-state index is -0.238. The Kier molecular flexibility index (Phi) is 4.71. The molecule has 2 atom stereocenters. The van der Waals surface area contributed by atoms with Crippen molar-refractivity contribution in [2.24, 2.45) is 5.92 Å². The molecule has 1 aromatic heterocycles. The number of nitrogens with zero attached hydrogens (tertiary/aromatic N) is 3. The third-order valence-electron chi connectivity index (χ3n) is 4.33. The van der Waals surface area contributed by atoms with Crippen LogP contribution in [0, 0.1) is 5.92 Å². The Morgan fingerprint density at radius 3 is 2.78 bits per heavy atom. The van der Waals surface area contributed by atoms with E-state index in [4.69, 9.17) is 0 Å². The van der Waals surface area contributed by atoms with Gasteiger partial charge in [0.1, 0.15) is 5.82 Å². The second-order valence-corrected chi connectivity index (χ2v) is 5.98. The lowest BCUT2D eigenvalue weighted by Crippen LogP contribution is -2.33. The number of aliphatic hydroxyl groups is 1. The lowest BCUT2D eigenvalue weighted by atomic mass is 10.1. The number of carbonyl (C=O) groups excluding carboxylic acids is 1. The Morgan fingerprint density at radius 1 is 1.35 bits per heavy atom. The predicted molar refractivity (Wildman–Crippen MR) is 86.4 cm³/mol. The zero-order chi connectivity index (χ0) is 16.2. The fourth-order valence-electron chi connectivity index (χ4n) is 3.07. The number of amides is 1. The van der Waals surface area contributed by atoms with Crippen molar-refractivity contribution in [1.82, 2.24) is 20.1 Å². The summed E-state index contributed by atoms with van der Waals surface area (Å²) in [5.74, 6) is 1.03. The van der Waals surface area contributed by atoms with E-state index in [1.165, 1.54) is 0 Å². The van der Waals surface area contributed by atoms with Crippen LogP contribution in [0.15, 0.2) is 30.3 Å². The Balaban J connectivity index is 1.75. The van der Waals surface area contributed by atoms with Crippen LogP contribution in [-0.4, -0.2) is 38.4 Å². The number of aliphatic hydroxyl groups excluding tert-OH is 1. The SMILES string of the molecule is CCc1nc(C(=O)N[C@H]2CC[C@@H](CO)C2)nn1-c1ccccc1. The highest BCUT2D eigenvalue weighted by Crippen LogP contribution is 2.25. The summed E-state index contributed by atoms with van der Waals surface area (Å²) in [4.78, 5) is 16.8. The third-order valence-corrected chi connectivity index (χ3v) is 4.33. The molecule has 0 aliphatic heterocycles. The van der Waals surface area contributed by atoms with Gasteiger partial charge < -0.3 is 10.4 Å². The zero-order valence-corrected chi connectivity index (χ0v) is 13.3. The van der Waals surface area contributed by atoms with E-state index in [-0.39, 0.29) is 24.4 Å². The van der Waals surface area contributed by atoms with Gasteiger partial charge in [0.25, 0.3) is 5.91 Å². The number of aromatic nitrogens is 3. The average Bonchev–Trinajstić information content (AvgIpc) is 3.22. The van der Waals surface area contributed by atoms with Crippen molar-refractivity contribution in [3.63, 3.8) is 0 Å². The molecule has 3 rings (SSSR count). The number of benzene rings is 1. The molecule has 0 saturated heterocycles. The molecule has 1 aromatic carbocycles. The maximum Gasteiger partial charge on any atom is 0.291 e. The van der Waals surface area contributed by atoms with E-state index in [2.05, 4.69) is 15.4 Å². The predicted octanol–water partition coefficient (Wildman–Crippen LogP) is 1.72. The molecule has 0 radical (unpaired) electrons. The van der Waals surface area contributed by atoms with E-state index >= 15 is 0 Å². The molecule has 1 heterocycles. The summed E-state index contributed by atoms with van der Waals surface area (Å²) in [6, 6.07) is 9.80. The highest BCUT2D eigenvalue weighted by atomic mass is 16.3. The van der Waals surface area contributed by atoms with E-state index < -0.39 is 0 Å². The van der Waals surface area contributed by atoms with Crippen LogP contribution in [0.4, 0.5) is 0 Å². The number of rotatable bonds is 5. The summed E-state index contributed by atoms with van der Waals surface area (Å²) in [7, 11) is 0. The maximum atomic E-state index is 12.4. The fourth-order valence-corrected chi connectivity index (χ4v) is 3.07. The van der Waals surface area contributed by atoms with Gasteiger partial charge in [0.15, 0.2) is 0 Å². The molecule has 1 amide bonds. The molecule has 2 aromatic rings. The lowest BCUT2D eigenvalue weighted by molar-refractivity contribution is 0.0925. The van der Waals surface area contributed by atoms with Gasteiger partial charge in [-0.25, -0.2) is 9.67 Å².